The van der Waals surface area contributed by atoms with Gasteiger partial charge in [-0.25, -0.2) is 4.98 Å². The Morgan fingerprint density at radius 1 is 1.32 bits per heavy atom. The average molecular weight is 320 g/mol. The molecule has 0 atom stereocenters. The number of halogens is 1. The van der Waals surface area contributed by atoms with Gasteiger partial charge in [0.1, 0.15) is 5.82 Å². The van der Waals surface area contributed by atoms with Crippen molar-refractivity contribution in [2.45, 2.75) is 13.8 Å². The van der Waals surface area contributed by atoms with Gasteiger partial charge in [-0.05, 0) is 59.1 Å². The zero-order valence-corrected chi connectivity index (χ0v) is 12.3. The summed E-state index contributed by atoms with van der Waals surface area (Å²) in [5.74, 6) is 0.285. The van der Waals surface area contributed by atoms with Crippen molar-refractivity contribution in [3.05, 3.63) is 51.6 Å². The molecular weight excluding hydrogens is 306 g/mol. The molecule has 0 saturated carbocycles. The van der Waals surface area contributed by atoms with Crippen LogP contribution in [0.5, 0.6) is 0 Å². The number of pyridine rings is 1. The van der Waals surface area contributed by atoms with Crippen molar-refractivity contribution < 1.29 is 4.79 Å². The predicted molar refractivity (Wildman–Crippen MR) is 80.2 cm³/mol. The van der Waals surface area contributed by atoms with E-state index in [-0.39, 0.29) is 5.91 Å². The fourth-order valence-corrected chi connectivity index (χ4v) is 2.30. The lowest BCUT2D eigenvalue weighted by molar-refractivity contribution is 0.102. The highest BCUT2D eigenvalue weighted by Crippen LogP contribution is 2.20. The highest BCUT2D eigenvalue weighted by Gasteiger charge is 2.11. The number of nitrogens with zero attached hydrogens (tertiary/aromatic N) is 1. The third-order valence-corrected chi connectivity index (χ3v) is 3.42. The molecule has 5 heteroatoms. The molecule has 4 nitrogen and oxygen atoms in total. The van der Waals surface area contributed by atoms with Gasteiger partial charge in [-0.2, -0.15) is 0 Å². The summed E-state index contributed by atoms with van der Waals surface area (Å²) in [5.41, 5.74) is 8.84. The number of carbonyl (C=O) groups excluding carboxylic acids is 1. The average Bonchev–Trinajstić information content (AvgIpc) is 2.33. The van der Waals surface area contributed by atoms with Crippen molar-refractivity contribution >= 4 is 33.3 Å². The number of hydrogen-bond acceptors (Lipinski definition) is 3. The van der Waals surface area contributed by atoms with E-state index in [9.17, 15) is 4.79 Å². The van der Waals surface area contributed by atoms with E-state index in [1.807, 2.05) is 26.0 Å². The molecule has 0 aliphatic rings. The van der Waals surface area contributed by atoms with Crippen LogP contribution < -0.4 is 11.1 Å². The number of anilines is 2. The first kappa shape index (κ1) is 13.5. The van der Waals surface area contributed by atoms with Gasteiger partial charge in [0.25, 0.3) is 5.91 Å². The number of benzene rings is 1. The lowest BCUT2D eigenvalue weighted by Crippen LogP contribution is -2.14. The summed E-state index contributed by atoms with van der Waals surface area (Å²) in [6, 6.07) is 7.31. The Morgan fingerprint density at radius 2 is 2.05 bits per heavy atom. The van der Waals surface area contributed by atoms with Gasteiger partial charge in [-0.15, -0.1) is 0 Å². The number of nitrogens with one attached hydrogen (secondary N) is 1. The van der Waals surface area contributed by atoms with Crippen LogP contribution >= 0.6 is 15.9 Å². The van der Waals surface area contributed by atoms with Crippen LogP contribution in [0.25, 0.3) is 0 Å². The number of amides is 1. The molecule has 2 aromatic rings. The van der Waals surface area contributed by atoms with Crippen molar-refractivity contribution in [3.8, 4) is 0 Å². The van der Waals surface area contributed by atoms with Crippen molar-refractivity contribution in [3.63, 3.8) is 0 Å². The Hall–Kier alpha value is -1.88. The predicted octanol–water partition coefficient (Wildman–Crippen LogP) is 3.30. The van der Waals surface area contributed by atoms with E-state index in [0.29, 0.717) is 17.1 Å². The third-order valence-electron chi connectivity index (χ3n) is 2.76. The molecule has 1 amide bonds. The van der Waals surface area contributed by atoms with Gasteiger partial charge in [0, 0.05) is 4.47 Å². The van der Waals surface area contributed by atoms with Crippen LogP contribution in [0.4, 0.5) is 11.5 Å². The number of hydrogen-bond donors (Lipinski definition) is 2. The summed E-state index contributed by atoms with van der Waals surface area (Å²) in [4.78, 5) is 16.2. The van der Waals surface area contributed by atoms with E-state index in [1.165, 1.54) is 6.20 Å². The van der Waals surface area contributed by atoms with Crippen LogP contribution in [0.1, 0.15) is 21.5 Å². The Labute approximate surface area is 120 Å². The van der Waals surface area contributed by atoms with E-state index in [2.05, 4.69) is 26.2 Å². The molecule has 0 aliphatic heterocycles. The number of nitrogens with two attached hydrogens (primary N) is 1. The Balaban J connectivity index is 2.23. The molecule has 1 aromatic carbocycles. The van der Waals surface area contributed by atoms with Gasteiger partial charge in [0.15, 0.2) is 0 Å². The van der Waals surface area contributed by atoms with Crippen LogP contribution in [0.15, 0.2) is 34.9 Å². The van der Waals surface area contributed by atoms with Crippen LogP contribution in [0.2, 0.25) is 0 Å². The molecular formula is C14H14BrN3O. The summed E-state index contributed by atoms with van der Waals surface area (Å²) in [7, 11) is 0. The number of aromatic nitrogens is 1. The minimum Gasteiger partial charge on any atom is -0.397 e. The van der Waals surface area contributed by atoms with Crippen LogP contribution in [0.3, 0.4) is 0 Å². The minimum atomic E-state index is -0.205. The molecule has 1 aromatic heterocycles. The van der Waals surface area contributed by atoms with E-state index in [1.54, 1.807) is 12.1 Å². The zero-order chi connectivity index (χ0) is 14.0. The summed E-state index contributed by atoms with van der Waals surface area (Å²) >= 11 is 3.39. The summed E-state index contributed by atoms with van der Waals surface area (Å²) in [5, 5.41) is 2.75. The van der Waals surface area contributed by atoms with Gasteiger partial charge in [0.2, 0.25) is 0 Å². The molecule has 0 saturated heterocycles. The molecule has 0 spiro atoms. The van der Waals surface area contributed by atoms with E-state index in [4.69, 9.17) is 5.73 Å². The van der Waals surface area contributed by atoms with Gasteiger partial charge < -0.3 is 11.1 Å². The monoisotopic (exact) mass is 319 g/mol. The maximum absolute atomic E-state index is 12.1. The molecule has 1 heterocycles. The van der Waals surface area contributed by atoms with Crippen molar-refractivity contribution in [1.29, 1.82) is 0 Å². The molecule has 0 aliphatic carbocycles. The molecule has 2 rings (SSSR count). The summed E-state index contributed by atoms with van der Waals surface area (Å²) < 4.78 is 0.761. The fraction of sp³-hybridized carbons (Fsp3) is 0.143. The largest absolute Gasteiger partial charge is 0.397 e. The molecule has 0 bridgehead atoms. The quantitative estimate of drug-likeness (QED) is 0.892. The maximum atomic E-state index is 12.1. The SMILES string of the molecule is Cc1ccc(C(=O)Nc2cc(C)c(N)cn2)c(Br)c1. The topological polar surface area (TPSA) is 68.0 Å². The number of rotatable bonds is 2. The number of carbonyl (C=O) groups is 1. The second-order valence-corrected chi connectivity index (χ2v) is 5.22. The Kier molecular flexibility index (Phi) is 3.85. The minimum absolute atomic E-state index is 0.205. The van der Waals surface area contributed by atoms with Crippen LogP contribution in [-0.2, 0) is 0 Å². The zero-order valence-electron chi connectivity index (χ0n) is 10.7. The second-order valence-electron chi connectivity index (χ2n) is 4.36. The number of nitrogen functional groups attached to an aromatic ring is 1. The first-order valence-electron chi connectivity index (χ1n) is 5.77. The van der Waals surface area contributed by atoms with E-state index in [0.717, 1.165) is 15.6 Å². The summed E-state index contributed by atoms with van der Waals surface area (Å²) in [6.07, 6.45) is 1.54. The fourth-order valence-electron chi connectivity index (χ4n) is 1.62. The Morgan fingerprint density at radius 3 is 2.68 bits per heavy atom. The first-order chi connectivity index (χ1) is 8.97. The normalized spacial score (nSPS) is 10.3. The highest BCUT2D eigenvalue weighted by molar-refractivity contribution is 9.10. The second kappa shape index (κ2) is 5.40. The first-order valence-corrected chi connectivity index (χ1v) is 6.56. The van der Waals surface area contributed by atoms with Crippen molar-refractivity contribution in [2.75, 3.05) is 11.1 Å². The lowest BCUT2D eigenvalue weighted by atomic mass is 10.1. The third kappa shape index (κ3) is 3.12. The van der Waals surface area contributed by atoms with Crippen LogP contribution in [-0.4, -0.2) is 10.9 Å². The van der Waals surface area contributed by atoms with E-state index < -0.39 is 0 Å². The molecule has 0 fully saturated rings. The van der Waals surface area contributed by atoms with E-state index >= 15 is 0 Å². The van der Waals surface area contributed by atoms with Gasteiger partial charge in [0.05, 0.1) is 17.4 Å². The lowest BCUT2D eigenvalue weighted by Gasteiger charge is -2.08. The van der Waals surface area contributed by atoms with Gasteiger partial charge in [-0.3, -0.25) is 4.79 Å². The smallest absolute Gasteiger partial charge is 0.257 e. The van der Waals surface area contributed by atoms with Gasteiger partial charge >= 0.3 is 0 Å². The highest BCUT2D eigenvalue weighted by atomic mass is 79.9. The maximum Gasteiger partial charge on any atom is 0.257 e. The van der Waals surface area contributed by atoms with Crippen molar-refractivity contribution in [1.82, 2.24) is 4.98 Å². The number of aryl methyl sites for hydroxylation is 2. The van der Waals surface area contributed by atoms with Crippen LogP contribution in [0, 0.1) is 13.8 Å². The molecule has 3 N–H and O–H groups in total. The summed E-state index contributed by atoms with van der Waals surface area (Å²) in [6.45, 7) is 3.84. The molecule has 19 heavy (non-hydrogen) atoms. The Bertz CT molecular complexity index is 641. The van der Waals surface area contributed by atoms with Crippen molar-refractivity contribution in [2.24, 2.45) is 0 Å². The standard InChI is InChI=1S/C14H14BrN3O/c1-8-3-4-10(11(15)5-8)14(19)18-13-6-9(2)12(16)7-17-13/h3-7H,16H2,1-2H3,(H,17,18,19). The molecule has 0 unspecified atom stereocenters. The molecule has 0 radical (unpaired) electrons. The van der Waals surface area contributed by atoms with Gasteiger partial charge in [-0.1, -0.05) is 6.07 Å². The molecule has 98 valence electrons.